The van der Waals surface area contributed by atoms with Gasteiger partial charge in [-0.2, -0.15) is 0 Å². The summed E-state index contributed by atoms with van der Waals surface area (Å²) in [6, 6.07) is 0. The van der Waals surface area contributed by atoms with Crippen molar-refractivity contribution in [3.63, 3.8) is 0 Å². The molecule has 0 aromatic rings. The molecule has 0 amide bonds. The zero-order chi connectivity index (χ0) is 47.9. The fraction of sp³-hybridized carbons (Fsp3) is 0.946. The van der Waals surface area contributed by atoms with E-state index in [4.69, 9.17) is 14.2 Å². The van der Waals surface area contributed by atoms with Gasteiger partial charge < -0.3 is 29.1 Å². The zero-order valence-electron chi connectivity index (χ0n) is 44.1. The second kappa shape index (κ2) is 48.7. The molecule has 0 rings (SSSR count). The lowest BCUT2D eigenvalue weighted by molar-refractivity contribution is -0.150. The first-order chi connectivity index (χ1) is 31.8. The Morgan fingerprint density at radius 1 is 0.338 bits per heavy atom. The van der Waals surface area contributed by atoms with E-state index in [0.29, 0.717) is 19.3 Å². The molecule has 0 aliphatic rings. The molecule has 0 aliphatic heterocycles. The molecule has 65 heavy (non-hydrogen) atoms. The predicted molar refractivity (Wildman–Crippen MR) is 274 cm³/mol. The van der Waals surface area contributed by atoms with Gasteiger partial charge in [0.1, 0.15) is 18.3 Å². The highest BCUT2D eigenvalue weighted by Gasteiger charge is 2.15. The van der Waals surface area contributed by atoms with Crippen molar-refractivity contribution >= 4 is 17.9 Å². The third-order valence-electron chi connectivity index (χ3n) is 13.3. The lowest BCUT2D eigenvalue weighted by atomic mass is 10.1. The monoisotopic (exact) mass is 923 g/mol. The van der Waals surface area contributed by atoms with Crippen LogP contribution in [-0.2, 0) is 28.6 Å². The normalized spacial score (nSPS) is 13.1. The Morgan fingerprint density at radius 2 is 0.600 bits per heavy atom. The van der Waals surface area contributed by atoms with E-state index in [0.717, 1.165) is 155 Å². The van der Waals surface area contributed by atoms with Crippen LogP contribution in [0.3, 0.4) is 0 Å². The molecule has 0 saturated heterocycles. The number of nitrogens with zero attached hydrogens (tertiary/aromatic N) is 2. The van der Waals surface area contributed by atoms with E-state index in [1.54, 1.807) is 0 Å². The molecule has 0 fully saturated rings. The first kappa shape index (κ1) is 63.3. The highest BCUT2D eigenvalue weighted by atomic mass is 16.6. The highest BCUT2D eigenvalue weighted by molar-refractivity contribution is 5.70. The predicted octanol–water partition coefficient (Wildman–Crippen LogP) is 14.9. The van der Waals surface area contributed by atoms with Crippen LogP contribution in [0.5, 0.6) is 0 Å². The second-order valence-corrected chi connectivity index (χ2v) is 19.4. The van der Waals surface area contributed by atoms with Crippen LogP contribution in [0.25, 0.3) is 0 Å². The molecule has 0 aromatic heterocycles. The fourth-order valence-electron chi connectivity index (χ4n) is 8.91. The Hall–Kier alpha value is -1.71. The van der Waals surface area contributed by atoms with Crippen molar-refractivity contribution in [2.24, 2.45) is 0 Å². The van der Waals surface area contributed by atoms with Gasteiger partial charge in [0.25, 0.3) is 0 Å². The zero-order valence-corrected chi connectivity index (χ0v) is 44.1. The average Bonchev–Trinajstić information content (AvgIpc) is 3.30. The van der Waals surface area contributed by atoms with Gasteiger partial charge in [-0.3, -0.25) is 14.4 Å². The number of rotatable bonds is 51. The number of hydrogen-bond acceptors (Lipinski definition) is 9. The van der Waals surface area contributed by atoms with Gasteiger partial charge in [0.2, 0.25) is 0 Å². The van der Waals surface area contributed by atoms with Gasteiger partial charge in [0, 0.05) is 25.8 Å². The average molecular weight is 924 g/mol. The van der Waals surface area contributed by atoms with E-state index in [1.165, 1.54) is 103 Å². The lowest BCUT2D eigenvalue weighted by Crippen LogP contribution is -2.33. The smallest absolute Gasteiger partial charge is 0.306 e. The molecule has 0 radical (unpaired) electrons. The number of carbonyl (C=O) groups is 3. The van der Waals surface area contributed by atoms with Gasteiger partial charge in [-0.25, -0.2) is 0 Å². The first-order valence-corrected chi connectivity index (χ1v) is 28.4. The maximum absolute atomic E-state index is 12.4. The van der Waals surface area contributed by atoms with Crippen molar-refractivity contribution in [3.8, 4) is 0 Å². The van der Waals surface area contributed by atoms with Crippen LogP contribution in [0.4, 0.5) is 0 Å². The van der Waals surface area contributed by atoms with E-state index in [-0.39, 0.29) is 42.8 Å². The largest absolute Gasteiger partial charge is 0.462 e. The van der Waals surface area contributed by atoms with E-state index in [9.17, 15) is 19.5 Å². The minimum absolute atomic E-state index is 0.0135. The van der Waals surface area contributed by atoms with Crippen LogP contribution in [0.2, 0.25) is 0 Å². The summed E-state index contributed by atoms with van der Waals surface area (Å²) >= 11 is 0. The molecule has 9 heteroatoms. The van der Waals surface area contributed by atoms with Gasteiger partial charge >= 0.3 is 17.9 Å². The number of ether oxygens (including phenoxy) is 3. The van der Waals surface area contributed by atoms with Crippen molar-refractivity contribution in [2.45, 2.75) is 297 Å². The maximum Gasteiger partial charge on any atom is 0.306 e. The minimum Gasteiger partial charge on any atom is -0.462 e. The van der Waals surface area contributed by atoms with Crippen molar-refractivity contribution < 1.29 is 33.7 Å². The molecule has 1 N–H and O–H groups in total. The van der Waals surface area contributed by atoms with Crippen molar-refractivity contribution in [1.29, 1.82) is 0 Å². The van der Waals surface area contributed by atoms with Crippen LogP contribution in [0.15, 0.2) is 0 Å². The molecule has 9 nitrogen and oxygen atoms in total. The summed E-state index contributed by atoms with van der Waals surface area (Å²) in [6.07, 6.45) is 39.8. The van der Waals surface area contributed by atoms with Crippen LogP contribution >= 0.6 is 0 Å². The summed E-state index contributed by atoms with van der Waals surface area (Å²) < 4.78 is 17.2. The Kier molecular flexibility index (Phi) is 47.5. The van der Waals surface area contributed by atoms with Gasteiger partial charge in [-0.15, -0.1) is 0 Å². The molecular weight excluding hydrogens is 813 g/mol. The van der Waals surface area contributed by atoms with E-state index >= 15 is 0 Å². The quantitative estimate of drug-likeness (QED) is 0.0363. The minimum atomic E-state index is -0.0207. The molecule has 0 aromatic carbocycles. The number of carbonyl (C=O) groups excluding carboxylic acids is 3. The van der Waals surface area contributed by atoms with Gasteiger partial charge in [0.15, 0.2) is 0 Å². The summed E-state index contributed by atoms with van der Waals surface area (Å²) in [4.78, 5) is 42.3. The molecule has 0 bridgehead atoms. The number of hydrogen-bond donors (Lipinski definition) is 1. The summed E-state index contributed by atoms with van der Waals surface area (Å²) in [5.74, 6) is -0.0477. The standard InChI is InChI=1S/C56H110N2O7/c1-7-13-28-38-51(10-4)63-54(60)41-31-22-16-19-25-34-44-57(45-35-26-20-17-23-32-42-55(61)64-52(11-5)39-29-14-8-2)47-37-48-58(49-50-59)46-36-27-21-18-24-33-43-56(62)65-53(12-6)40-30-15-9-3/h51-53,59H,7-50H2,1-6H3. The Morgan fingerprint density at radius 3 is 0.877 bits per heavy atom. The van der Waals surface area contributed by atoms with E-state index in [2.05, 4.69) is 51.3 Å². The summed E-state index contributed by atoms with van der Waals surface area (Å²) in [6.45, 7) is 19.3. The van der Waals surface area contributed by atoms with Gasteiger partial charge in [-0.05, 0) is 135 Å². The maximum atomic E-state index is 12.4. The second-order valence-electron chi connectivity index (χ2n) is 19.4. The molecule has 3 atom stereocenters. The molecule has 3 unspecified atom stereocenters. The Labute approximate surface area is 403 Å². The Balaban J connectivity index is 4.64. The van der Waals surface area contributed by atoms with Crippen LogP contribution in [-0.4, -0.2) is 97.0 Å². The van der Waals surface area contributed by atoms with E-state index < -0.39 is 0 Å². The van der Waals surface area contributed by atoms with Crippen LogP contribution in [0, 0.1) is 0 Å². The lowest BCUT2D eigenvalue weighted by Gasteiger charge is -2.26. The number of aliphatic hydroxyl groups is 1. The summed E-state index contributed by atoms with van der Waals surface area (Å²) in [7, 11) is 0. The molecule has 0 saturated carbocycles. The number of unbranched alkanes of at least 4 members (excludes halogenated alkanes) is 21. The summed E-state index contributed by atoms with van der Waals surface area (Å²) in [5, 5.41) is 9.84. The van der Waals surface area contributed by atoms with Crippen LogP contribution < -0.4 is 0 Å². The van der Waals surface area contributed by atoms with E-state index in [1.807, 2.05) is 0 Å². The molecule has 386 valence electrons. The van der Waals surface area contributed by atoms with Gasteiger partial charge in [-0.1, -0.05) is 157 Å². The molecule has 0 spiro atoms. The third-order valence-corrected chi connectivity index (χ3v) is 13.3. The number of aliphatic hydroxyl groups excluding tert-OH is 1. The van der Waals surface area contributed by atoms with Crippen molar-refractivity contribution in [1.82, 2.24) is 9.80 Å². The SMILES string of the molecule is CCCCCC(CC)OC(=O)CCCCCCCCN(CCO)CCCN(CCCCCCCCC(=O)OC(CC)CCCCC)CCCCCCCCC(=O)OC(CC)CCCCC. The van der Waals surface area contributed by atoms with Gasteiger partial charge in [0.05, 0.1) is 6.61 Å². The number of esters is 3. The summed E-state index contributed by atoms with van der Waals surface area (Å²) in [5.41, 5.74) is 0. The first-order valence-electron chi connectivity index (χ1n) is 28.4. The highest BCUT2D eigenvalue weighted by Crippen LogP contribution is 2.17. The van der Waals surface area contributed by atoms with Crippen molar-refractivity contribution in [2.75, 3.05) is 45.9 Å². The molecule has 0 heterocycles. The molecule has 0 aliphatic carbocycles. The van der Waals surface area contributed by atoms with Crippen LogP contribution in [0.1, 0.15) is 279 Å². The third kappa shape index (κ3) is 42.2. The topological polar surface area (TPSA) is 106 Å². The molecular formula is C56H110N2O7. The van der Waals surface area contributed by atoms with Crippen molar-refractivity contribution in [3.05, 3.63) is 0 Å². The Bertz CT molecular complexity index is 996. The fourth-order valence-corrected chi connectivity index (χ4v) is 8.91.